The lowest BCUT2D eigenvalue weighted by Crippen LogP contribution is -2.31. The highest BCUT2D eigenvalue weighted by Gasteiger charge is 2.31. The van der Waals surface area contributed by atoms with Crippen LogP contribution in [0, 0.1) is 5.92 Å². The largest absolute Gasteiger partial charge is 0.328 e. The molecule has 0 amide bonds. The molecule has 0 aliphatic heterocycles. The highest BCUT2D eigenvalue weighted by Crippen LogP contribution is 2.39. The molecular weight excluding hydrogens is 222 g/mol. The first kappa shape index (κ1) is 11.9. The number of Topliss-reactive ketones (excluding diaryl/α,β-unsaturated/α-hetero) is 1. The quantitative estimate of drug-likeness (QED) is 0.887. The first-order chi connectivity index (χ1) is 8.74. The number of nitrogens with two attached hydrogens (primary N) is 1. The second-order valence-electron chi connectivity index (χ2n) is 5.88. The Balaban J connectivity index is 1.57. The first-order valence-electron chi connectivity index (χ1n) is 7.10. The Kier molecular flexibility index (Phi) is 3.21. The molecule has 1 saturated carbocycles. The molecule has 2 N–H and O–H groups in total. The van der Waals surface area contributed by atoms with Gasteiger partial charge in [0.05, 0.1) is 0 Å². The van der Waals surface area contributed by atoms with E-state index in [4.69, 9.17) is 5.73 Å². The van der Waals surface area contributed by atoms with Crippen LogP contribution in [0.4, 0.5) is 0 Å². The molecule has 0 spiro atoms. The van der Waals surface area contributed by atoms with Crippen LogP contribution >= 0.6 is 0 Å². The average molecular weight is 243 g/mol. The van der Waals surface area contributed by atoms with E-state index < -0.39 is 0 Å². The molecule has 2 aliphatic carbocycles. The van der Waals surface area contributed by atoms with Crippen LogP contribution in [0.25, 0.3) is 0 Å². The monoisotopic (exact) mass is 243 g/mol. The van der Waals surface area contributed by atoms with Gasteiger partial charge in [0.1, 0.15) is 5.78 Å². The Hall–Kier alpha value is -1.15. The molecule has 0 saturated heterocycles. The predicted molar refractivity (Wildman–Crippen MR) is 72.4 cm³/mol. The van der Waals surface area contributed by atoms with Gasteiger partial charge in [-0.2, -0.15) is 0 Å². The number of rotatable bonds is 3. The average Bonchev–Trinajstić information content (AvgIpc) is 2.36. The minimum atomic E-state index is 0.289. The Bertz CT molecular complexity index is 446. The van der Waals surface area contributed by atoms with Gasteiger partial charge in [-0.3, -0.25) is 4.79 Å². The van der Waals surface area contributed by atoms with Crippen molar-refractivity contribution in [1.82, 2.24) is 0 Å². The molecule has 1 unspecified atom stereocenters. The molecule has 0 bridgehead atoms. The van der Waals surface area contributed by atoms with Crippen LogP contribution in [-0.4, -0.2) is 11.8 Å². The summed E-state index contributed by atoms with van der Waals surface area (Å²) >= 11 is 0. The molecular formula is C16H21NO. The maximum absolute atomic E-state index is 12.3. The summed E-state index contributed by atoms with van der Waals surface area (Å²) in [4.78, 5) is 12.3. The van der Waals surface area contributed by atoms with Gasteiger partial charge in [-0.15, -0.1) is 0 Å². The van der Waals surface area contributed by atoms with Gasteiger partial charge in [-0.05, 0) is 49.1 Å². The number of hydrogen-bond donors (Lipinski definition) is 1. The van der Waals surface area contributed by atoms with Crippen molar-refractivity contribution in [2.45, 2.75) is 50.5 Å². The molecule has 0 heterocycles. The summed E-state index contributed by atoms with van der Waals surface area (Å²) in [6, 6.07) is 8.84. The molecule has 2 aliphatic rings. The normalized spacial score (nSPS) is 30.4. The second kappa shape index (κ2) is 4.85. The van der Waals surface area contributed by atoms with Gasteiger partial charge in [0, 0.05) is 18.4 Å². The van der Waals surface area contributed by atoms with Crippen molar-refractivity contribution in [3.8, 4) is 0 Å². The SMILES string of the molecule is NC1CCC(C(=O)CC2Cc3ccccc32)CC1. The van der Waals surface area contributed by atoms with E-state index in [0.29, 0.717) is 17.7 Å². The van der Waals surface area contributed by atoms with E-state index in [1.54, 1.807) is 0 Å². The summed E-state index contributed by atoms with van der Waals surface area (Å²) in [6.07, 6.45) is 5.91. The molecule has 2 nitrogen and oxygen atoms in total. The van der Waals surface area contributed by atoms with Gasteiger partial charge in [0.2, 0.25) is 0 Å². The molecule has 96 valence electrons. The van der Waals surface area contributed by atoms with Crippen LogP contribution in [0.5, 0.6) is 0 Å². The van der Waals surface area contributed by atoms with Crippen LogP contribution in [0.1, 0.15) is 49.1 Å². The minimum Gasteiger partial charge on any atom is -0.328 e. The zero-order valence-corrected chi connectivity index (χ0v) is 10.8. The van der Waals surface area contributed by atoms with Crippen molar-refractivity contribution < 1.29 is 4.79 Å². The maximum atomic E-state index is 12.3. The van der Waals surface area contributed by atoms with Gasteiger partial charge >= 0.3 is 0 Å². The minimum absolute atomic E-state index is 0.289. The number of hydrogen-bond acceptors (Lipinski definition) is 2. The zero-order chi connectivity index (χ0) is 12.5. The van der Waals surface area contributed by atoms with E-state index >= 15 is 0 Å². The van der Waals surface area contributed by atoms with Gasteiger partial charge < -0.3 is 5.73 Å². The van der Waals surface area contributed by atoms with Crippen molar-refractivity contribution >= 4 is 5.78 Å². The first-order valence-corrected chi connectivity index (χ1v) is 7.10. The fourth-order valence-electron chi connectivity index (χ4n) is 3.40. The van der Waals surface area contributed by atoms with Crippen LogP contribution in [-0.2, 0) is 11.2 Å². The van der Waals surface area contributed by atoms with Crippen LogP contribution in [0.3, 0.4) is 0 Å². The topological polar surface area (TPSA) is 43.1 Å². The number of carbonyl (C=O) groups excluding carboxylic acids is 1. The number of benzene rings is 1. The summed E-state index contributed by atoms with van der Waals surface area (Å²) in [7, 11) is 0. The van der Waals surface area contributed by atoms with Crippen LogP contribution in [0.2, 0.25) is 0 Å². The summed E-state index contributed by atoms with van der Waals surface area (Å²) < 4.78 is 0. The van der Waals surface area contributed by atoms with Crippen molar-refractivity contribution in [1.29, 1.82) is 0 Å². The highest BCUT2D eigenvalue weighted by atomic mass is 16.1. The van der Waals surface area contributed by atoms with Gasteiger partial charge in [-0.1, -0.05) is 24.3 Å². The third-order valence-electron chi connectivity index (χ3n) is 4.64. The summed E-state index contributed by atoms with van der Waals surface area (Å²) in [5.41, 5.74) is 8.72. The van der Waals surface area contributed by atoms with Crippen molar-refractivity contribution in [3.05, 3.63) is 35.4 Å². The summed E-state index contributed by atoms with van der Waals surface area (Å²) in [5.74, 6) is 1.25. The third kappa shape index (κ3) is 2.22. The third-order valence-corrected chi connectivity index (χ3v) is 4.64. The maximum Gasteiger partial charge on any atom is 0.136 e. The lowest BCUT2D eigenvalue weighted by atomic mass is 9.72. The van der Waals surface area contributed by atoms with E-state index in [9.17, 15) is 4.79 Å². The zero-order valence-electron chi connectivity index (χ0n) is 10.8. The Labute approximate surface area is 109 Å². The van der Waals surface area contributed by atoms with Gasteiger partial charge in [0.15, 0.2) is 0 Å². The molecule has 2 heteroatoms. The Morgan fingerprint density at radius 1 is 1.17 bits per heavy atom. The van der Waals surface area contributed by atoms with E-state index in [2.05, 4.69) is 24.3 Å². The summed E-state index contributed by atoms with van der Waals surface area (Å²) in [5, 5.41) is 0. The van der Waals surface area contributed by atoms with Gasteiger partial charge in [-0.25, -0.2) is 0 Å². The fourth-order valence-corrected chi connectivity index (χ4v) is 3.40. The Morgan fingerprint density at radius 3 is 2.61 bits per heavy atom. The second-order valence-corrected chi connectivity index (χ2v) is 5.88. The summed E-state index contributed by atoms with van der Waals surface area (Å²) in [6.45, 7) is 0. The standard InChI is InChI=1S/C16H21NO/c17-14-7-5-11(6-8-14)16(18)10-13-9-12-3-1-2-4-15(12)13/h1-4,11,13-14H,5-10,17H2. The highest BCUT2D eigenvalue weighted by molar-refractivity contribution is 5.82. The van der Waals surface area contributed by atoms with E-state index in [-0.39, 0.29) is 5.92 Å². The molecule has 1 fully saturated rings. The number of carbonyl (C=O) groups is 1. The predicted octanol–water partition coefficient (Wildman–Crippen LogP) is 2.80. The van der Waals surface area contributed by atoms with Crippen molar-refractivity contribution in [3.63, 3.8) is 0 Å². The Morgan fingerprint density at radius 2 is 1.89 bits per heavy atom. The van der Waals surface area contributed by atoms with E-state index in [0.717, 1.165) is 38.5 Å². The molecule has 1 aromatic carbocycles. The molecule has 0 aromatic heterocycles. The lowest BCUT2D eigenvalue weighted by Gasteiger charge is -2.32. The van der Waals surface area contributed by atoms with E-state index in [1.807, 2.05) is 0 Å². The van der Waals surface area contributed by atoms with Gasteiger partial charge in [0.25, 0.3) is 0 Å². The number of fused-ring (bicyclic) bond motifs is 1. The molecule has 3 rings (SSSR count). The van der Waals surface area contributed by atoms with Crippen molar-refractivity contribution in [2.75, 3.05) is 0 Å². The molecule has 1 atom stereocenters. The van der Waals surface area contributed by atoms with Crippen molar-refractivity contribution in [2.24, 2.45) is 11.7 Å². The fraction of sp³-hybridized carbons (Fsp3) is 0.562. The van der Waals surface area contributed by atoms with Crippen LogP contribution < -0.4 is 5.73 Å². The molecule has 0 radical (unpaired) electrons. The number of ketones is 1. The molecule has 1 aromatic rings. The smallest absolute Gasteiger partial charge is 0.136 e. The van der Waals surface area contributed by atoms with Crippen LogP contribution in [0.15, 0.2) is 24.3 Å². The van der Waals surface area contributed by atoms with E-state index in [1.165, 1.54) is 11.1 Å². The lowest BCUT2D eigenvalue weighted by molar-refractivity contribution is -0.124. The molecule has 18 heavy (non-hydrogen) atoms.